The molecule has 0 saturated carbocycles. The van der Waals surface area contributed by atoms with Gasteiger partial charge in [0.05, 0.1) is 12.8 Å². The highest BCUT2D eigenvalue weighted by molar-refractivity contribution is 6.31. The number of benzene rings is 2. The standard InChI is InChI=1S/C22H28ClNO2/c1-21(2,3)15-10-14(11-16(12-15)22(4,5)6)20(25)24-18-13-17(23)8-9-19(18)26-7/h8-13H,1-7H3,(H,24,25). The van der Waals surface area contributed by atoms with Gasteiger partial charge in [-0.05, 0) is 52.3 Å². The summed E-state index contributed by atoms with van der Waals surface area (Å²) in [6, 6.07) is 11.3. The van der Waals surface area contributed by atoms with Gasteiger partial charge in [-0.1, -0.05) is 59.2 Å². The van der Waals surface area contributed by atoms with Crippen LogP contribution in [0.25, 0.3) is 0 Å². The van der Waals surface area contributed by atoms with Crippen molar-refractivity contribution >= 4 is 23.2 Å². The van der Waals surface area contributed by atoms with Gasteiger partial charge in [-0.15, -0.1) is 0 Å². The molecule has 0 radical (unpaired) electrons. The van der Waals surface area contributed by atoms with Crippen LogP contribution in [0.2, 0.25) is 5.02 Å². The highest BCUT2D eigenvalue weighted by Gasteiger charge is 2.22. The van der Waals surface area contributed by atoms with Crippen molar-refractivity contribution in [3.63, 3.8) is 0 Å². The predicted octanol–water partition coefficient (Wildman–Crippen LogP) is 6.20. The van der Waals surface area contributed by atoms with Gasteiger partial charge < -0.3 is 10.1 Å². The highest BCUT2D eigenvalue weighted by Crippen LogP contribution is 2.32. The molecule has 2 rings (SSSR count). The molecule has 0 atom stereocenters. The molecule has 0 saturated heterocycles. The number of rotatable bonds is 3. The first-order valence-electron chi connectivity index (χ1n) is 8.73. The van der Waals surface area contributed by atoms with Crippen LogP contribution in [-0.4, -0.2) is 13.0 Å². The summed E-state index contributed by atoms with van der Waals surface area (Å²) in [4.78, 5) is 12.9. The first kappa shape index (κ1) is 20.3. The monoisotopic (exact) mass is 373 g/mol. The van der Waals surface area contributed by atoms with E-state index < -0.39 is 0 Å². The van der Waals surface area contributed by atoms with Gasteiger partial charge in [-0.2, -0.15) is 0 Å². The fourth-order valence-electron chi connectivity index (χ4n) is 2.60. The van der Waals surface area contributed by atoms with Gasteiger partial charge in [-0.3, -0.25) is 4.79 Å². The van der Waals surface area contributed by atoms with Gasteiger partial charge in [0, 0.05) is 10.6 Å². The molecule has 0 aliphatic heterocycles. The molecule has 1 N–H and O–H groups in total. The van der Waals surface area contributed by atoms with Crippen molar-refractivity contribution in [1.29, 1.82) is 0 Å². The first-order chi connectivity index (χ1) is 11.9. The fourth-order valence-corrected chi connectivity index (χ4v) is 2.77. The quantitative estimate of drug-likeness (QED) is 0.695. The maximum Gasteiger partial charge on any atom is 0.255 e. The molecule has 0 fully saturated rings. The van der Waals surface area contributed by atoms with Gasteiger partial charge in [0.15, 0.2) is 0 Å². The molecule has 2 aromatic rings. The van der Waals surface area contributed by atoms with Crippen molar-refractivity contribution in [3.05, 3.63) is 58.1 Å². The Morgan fingerprint density at radius 3 is 1.92 bits per heavy atom. The maximum absolute atomic E-state index is 12.9. The number of halogens is 1. The second-order valence-corrected chi connectivity index (χ2v) is 9.03. The van der Waals surface area contributed by atoms with E-state index in [0.29, 0.717) is 22.0 Å². The zero-order valence-electron chi connectivity index (χ0n) is 16.7. The largest absolute Gasteiger partial charge is 0.495 e. The van der Waals surface area contributed by atoms with Crippen LogP contribution in [0, 0.1) is 0 Å². The number of ether oxygens (including phenoxy) is 1. The summed E-state index contributed by atoms with van der Waals surface area (Å²) in [5.74, 6) is 0.396. The molecular weight excluding hydrogens is 346 g/mol. The second kappa shape index (κ2) is 7.32. The number of amides is 1. The van der Waals surface area contributed by atoms with Crippen LogP contribution in [0.1, 0.15) is 63.0 Å². The first-order valence-corrected chi connectivity index (χ1v) is 9.10. The van der Waals surface area contributed by atoms with Crippen molar-refractivity contribution in [2.24, 2.45) is 0 Å². The molecule has 140 valence electrons. The zero-order valence-corrected chi connectivity index (χ0v) is 17.4. The van der Waals surface area contributed by atoms with Crippen molar-refractivity contribution < 1.29 is 9.53 Å². The lowest BCUT2D eigenvalue weighted by atomic mass is 9.79. The van der Waals surface area contributed by atoms with E-state index in [2.05, 4.69) is 52.9 Å². The van der Waals surface area contributed by atoms with Crippen LogP contribution < -0.4 is 10.1 Å². The van der Waals surface area contributed by atoms with E-state index in [0.717, 1.165) is 11.1 Å². The minimum atomic E-state index is -0.179. The molecule has 1 amide bonds. The number of methoxy groups -OCH3 is 1. The molecule has 0 spiro atoms. The molecule has 0 unspecified atom stereocenters. The molecule has 3 nitrogen and oxygen atoms in total. The average molecular weight is 374 g/mol. The fraction of sp³-hybridized carbons (Fsp3) is 0.409. The Bertz CT molecular complexity index is 782. The van der Waals surface area contributed by atoms with E-state index in [1.54, 1.807) is 25.3 Å². The van der Waals surface area contributed by atoms with Crippen molar-refractivity contribution in [2.45, 2.75) is 52.4 Å². The summed E-state index contributed by atoms with van der Waals surface area (Å²) in [6.07, 6.45) is 0. The normalized spacial score (nSPS) is 12.0. The SMILES string of the molecule is COc1ccc(Cl)cc1NC(=O)c1cc(C(C)(C)C)cc(C(C)(C)C)c1. The van der Waals surface area contributed by atoms with Crippen LogP contribution in [0.15, 0.2) is 36.4 Å². The summed E-state index contributed by atoms with van der Waals surface area (Å²) in [6.45, 7) is 12.9. The predicted molar refractivity (Wildman–Crippen MR) is 110 cm³/mol. The van der Waals surface area contributed by atoms with Crippen LogP contribution >= 0.6 is 11.6 Å². The molecule has 2 aromatic carbocycles. The number of hydrogen-bond acceptors (Lipinski definition) is 2. The lowest BCUT2D eigenvalue weighted by Gasteiger charge is -2.26. The Morgan fingerprint density at radius 1 is 0.923 bits per heavy atom. The number of hydrogen-bond donors (Lipinski definition) is 1. The Labute approximate surface area is 161 Å². The highest BCUT2D eigenvalue weighted by atomic mass is 35.5. The summed E-state index contributed by atoms with van der Waals surface area (Å²) in [5, 5.41) is 3.47. The molecule has 0 bridgehead atoms. The van der Waals surface area contributed by atoms with E-state index in [1.165, 1.54) is 0 Å². The summed E-state index contributed by atoms with van der Waals surface area (Å²) in [7, 11) is 1.57. The molecule has 0 aliphatic carbocycles. The smallest absolute Gasteiger partial charge is 0.255 e. The van der Waals surface area contributed by atoms with E-state index in [1.807, 2.05) is 12.1 Å². The summed E-state index contributed by atoms with van der Waals surface area (Å²) < 4.78 is 5.32. The second-order valence-electron chi connectivity index (χ2n) is 8.60. The van der Waals surface area contributed by atoms with Crippen molar-refractivity contribution in [2.75, 3.05) is 12.4 Å². The van der Waals surface area contributed by atoms with Gasteiger partial charge in [-0.25, -0.2) is 0 Å². The topological polar surface area (TPSA) is 38.3 Å². The summed E-state index contributed by atoms with van der Waals surface area (Å²) in [5.41, 5.74) is 3.35. The minimum Gasteiger partial charge on any atom is -0.495 e. The van der Waals surface area contributed by atoms with Crippen LogP contribution in [0.3, 0.4) is 0 Å². The van der Waals surface area contributed by atoms with Crippen molar-refractivity contribution in [1.82, 2.24) is 0 Å². The maximum atomic E-state index is 12.9. The van der Waals surface area contributed by atoms with E-state index in [9.17, 15) is 4.79 Å². The van der Waals surface area contributed by atoms with Gasteiger partial charge in [0.25, 0.3) is 5.91 Å². The molecule has 26 heavy (non-hydrogen) atoms. The van der Waals surface area contributed by atoms with Crippen LogP contribution in [0.4, 0.5) is 5.69 Å². The third-order valence-electron chi connectivity index (χ3n) is 4.34. The molecule has 0 aliphatic rings. The Morgan fingerprint density at radius 2 is 1.46 bits per heavy atom. The van der Waals surface area contributed by atoms with Crippen molar-refractivity contribution in [3.8, 4) is 5.75 Å². The van der Waals surface area contributed by atoms with Gasteiger partial charge in [0.1, 0.15) is 5.75 Å². The van der Waals surface area contributed by atoms with E-state index in [4.69, 9.17) is 16.3 Å². The van der Waals surface area contributed by atoms with Gasteiger partial charge in [0.2, 0.25) is 0 Å². The Balaban J connectivity index is 2.47. The van der Waals surface area contributed by atoms with Crippen LogP contribution in [-0.2, 0) is 10.8 Å². The number of anilines is 1. The number of nitrogens with one attached hydrogen (secondary N) is 1. The molecule has 4 heteroatoms. The van der Waals surface area contributed by atoms with Gasteiger partial charge >= 0.3 is 0 Å². The summed E-state index contributed by atoms with van der Waals surface area (Å²) >= 11 is 6.07. The Kier molecular flexibility index (Phi) is 5.72. The number of carbonyl (C=O) groups is 1. The molecule has 0 aromatic heterocycles. The van der Waals surface area contributed by atoms with Crippen LogP contribution in [0.5, 0.6) is 5.75 Å². The average Bonchev–Trinajstić information content (AvgIpc) is 2.53. The molecule has 0 heterocycles. The lowest BCUT2D eigenvalue weighted by molar-refractivity contribution is 0.102. The molecular formula is C22H28ClNO2. The minimum absolute atomic E-state index is 0.0516. The zero-order chi connectivity index (χ0) is 19.7. The van der Waals surface area contributed by atoms with E-state index in [-0.39, 0.29) is 16.7 Å². The third kappa shape index (κ3) is 4.79. The lowest BCUT2D eigenvalue weighted by Crippen LogP contribution is -2.20. The van der Waals surface area contributed by atoms with E-state index >= 15 is 0 Å². The third-order valence-corrected chi connectivity index (χ3v) is 4.57. The number of carbonyl (C=O) groups excluding carboxylic acids is 1. The Hall–Kier alpha value is -2.00.